The summed E-state index contributed by atoms with van der Waals surface area (Å²) in [5.41, 5.74) is 3.32. The lowest BCUT2D eigenvalue weighted by atomic mass is 10.1. The maximum absolute atomic E-state index is 13.6. The van der Waals surface area contributed by atoms with E-state index in [1.165, 1.54) is 4.31 Å². The fraction of sp³-hybridized carbons (Fsp3) is 0.148. The van der Waals surface area contributed by atoms with E-state index in [9.17, 15) is 13.2 Å². The van der Waals surface area contributed by atoms with Crippen molar-refractivity contribution in [2.24, 2.45) is 0 Å². The summed E-state index contributed by atoms with van der Waals surface area (Å²) in [6.07, 6.45) is 3.76. The Kier molecular flexibility index (Phi) is 7.64. The molecule has 4 aromatic rings. The van der Waals surface area contributed by atoms with E-state index >= 15 is 0 Å². The summed E-state index contributed by atoms with van der Waals surface area (Å²) in [6.45, 7) is 0.328. The molecule has 0 aliphatic carbocycles. The van der Waals surface area contributed by atoms with Crippen LogP contribution in [-0.4, -0.2) is 33.8 Å². The number of aromatic nitrogens is 2. The van der Waals surface area contributed by atoms with E-state index in [4.69, 9.17) is 5.11 Å². The summed E-state index contributed by atoms with van der Waals surface area (Å²) in [5.74, 6) is -0.265. The Hall–Kier alpha value is -3.88. The molecule has 0 radical (unpaired) electrons. The third-order valence-electron chi connectivity index (χ3n) is 5.50. The van der Waals surface area contributed by atoms with Crippen LogP contribution in [-0.2, 0) is 34.3 Å². The summed E-state index contributed by atoms with van der Waals surface area (Å²) in [5, 5.41) is 8.98. The van der Waals surface area contributed by atoms with Crippen molar-refractivity contribution < 1.29 is 18.3 Å². The van der Waals surface area contributed by atoms with Crippen LogP contribution < -0.4 is 0 Å². The first-order valence-electron chi connectivity index (χ1n) is 11.1. The van der Waals surface area contributed by atoms with Gasteiger partial charge in [0.15, 0.2) is 5.82 Å². The van der Waals surface area contributed by atoms with Gasteiger partial charge in [0.2, 0.25) is 10.0 Å². The first kappa shape index (κ1) is 24.3. The van der Waals surface area contributed by atoms with Gasteiger partial charge in [0.1, 0.15) is 0 Å². The molecular formula is C27H25N3O4S. The van der Waals surface area contributed by atoms with E-state index in [1.54, 1.807) is 48.8 Å². The molecular weight excluding hydrogens is 462 g/mol. The van der Waals surface area contributed by atoms with E-state index in [1.807, 2.05) is 48.5 Å². The Bertz CT molecular complexity index is 1380. The second-order valence-electron chi connectivity index (χ2n) is 8.07. The van der Waals surface area contributed by atoms with Gasteiger partial charge >= 0.3 is 5.97 Å². The van der Waals surface area contributed by atoms with Gasteiger partial charge in [0.25, 0.3) is 0 Å². The quantitative estimate of drug-likeness (QED) is 0.352. The Morgan fingerprint density at radius 2 is 1.43 bits per heavy atom. The van der Waals surface area contributed by atoms with Gasteiger partial charge in [-0.15, -0.1) is 0 Å². The van der Waals surface area contributed by atoms with Gasteiger partial charge in [0, 0.05) is 37.5 Å². The van der Waals surface area contributed by atoms with E-state index in [0.29, 0.717) is 12.2 Å². The predicted octanol–water partition coefficient (Wildman–Crippen LogP) is 4.55. The summed E-state index contributed by atoms with van der Waals surface area (Å²) in [4.78, 5) is 19.7. The molecule has 0 unspecified atom stereocenters. The molecule has 4 rings (SSSR count). The normalized spacial score (nSPS) is 11.5. The van der Waals surface area contributed by atoms with Crippen LogP contribution in [0.5, 0.6) is 0 Å². The first-order valence-corrected chi connectivity index (χ1v) is 12.6. The van der Waals surface area contributed by atoms with Crippen molar-refractivity contribution in [1.82, 2.24) is 14.3 Å². The number of aliphatic carboxylic acids is 1. The molecule has 0 amide bonds. The van der Waals surface area contributed by atoms with Crippen LogP contribution in [0.1, 0.15) is 23.1 Å². The zero-order chi connectivity index (χ0) is 24.7. The predicted molar refractivity (Wildman–Crippen MR) is 133 cm³/mol. The second kappa shape index (κ2) is 11.0. The zero-order valence-electron chi connectivity index (χ0n) is 19.0. The molecule has 0 aliphatic rings. The van der Waals surface area contributed by atoms with Crippen LogP contribution in [0.4, 0.5) is 0 Å². The van der Waals surface area contributed by atoms with E-state index in [-0.39, 0.29) is 24.4 Å². The highest BCUT2D eigenvalue weighted by Gasteiger charge is 2.25. The van der Waals surface area contributed by atoms with Crippen molar-refractivity contribution in [2.45, 2.75) is 30.8 Å². The number of carbonyl (C=O) groups is 1. The number of carboxylic acids is 1. The van der Waals surface area contributed by atoms with Crippen LogP contribution >= 0.6 is 0 Å². The number of carboxylic acid groups (broad SMARTS) is 1. The van der Waals surface area contributed by atoms with E-state index < -0.39 is 16.0 Å². The van der Waals surface area contributed by atoms with Crippen molar-refractivity contribution in [2.75, 3.05) is 0 Å². The SMILES string of the molecule is O=C(O)CCc1cccc(CN(Cc2ccc(-c3ncccn3)cc2)S(=O)(=O)c2ccccc2)c1. The molecule has 1 N–H and O–H groups in total. The standard InChI is InChI=1S/C27H25N3O4S/c31-26(32)15-12-21-6-4-7-23(18-21)20-30(35(33,34)25-8-2-1-3-9-25)19-22-10-13-24(14-11-22)27-28-16-5-17-29-27/h1-11,13-14,16-18H,12,15,19-20H2,(H,31,32). The zero-order valence-corrected chi connectivity index (χ0v) is 19.8. The van der Waals surface area contributed by atoms with Crippen LogP contribution in [0.2, 0.25) is 0 Å². The molecule has 7 nitrogen and oxygen atoms in total. The Morgan fingerprint density at radius 3 is 2.11 bits per heavy atom. The summed E-state index contributed by atoms with van der Waals surface area (Å²) in [6, 6.07) is 25.0. The third-order valence-corrected chi connectivity index (χ3v) is 7.30. The summed E-state index contributed by atoms with van der Waals surface area (Å²) >= 11 is 0. The number of rotatable bonds is 10. The summed E-state index contributed by atoms with van der Waals surface area (Å²) < 4.78 is 28.6. The van der Waals surface area contributed by atoms with Crippen LogP contribution in [0, 0.1) is 0 Å². The Labute approximate surface area is 204 Å². The van der Waals surface area contributed by atoms with Crippen molar-refractivity contribution in [3.63, 3.8) is 0 Å². The minimum Gasteiger partial charge on any atom is -0.481 e. The maximum atomic E-state index is 13.6. The van der Waals surface area contributed by atoms with Gasteiger partial charge in [-0.3, -0.25) is 4.79 Å². The lowest BCUT2D eigenvalue weighted by Crippen LogP contribution is -2.30. The highest BCUT2D eigenvalue weighted by molar-refractivity contribution is 7.89. The molecule has 1 aromatic heterocycles. The molecule has 0 saturated carbocycles. The minimum absolute atomic E-state index is 0.0208. The van der Waals surface area contributed by atoms with Crippen molar-refractivity contribution in [3.05, 3.63) is 114 Å². The van der Waals surface area contributed by atoms with Gasteiger partial charge in [0.05, 0.1) is 4.90 Å². The topological polar surface area (TPSA) is 100 Å². The average molecular weight is 488 g/mol. The molecule has 8 heteroatoms. The number of hydrogen-bond acceptors (Lipinski definition) is 5. The second-order valence-corrected chi connectivity index (χ2v) is 10.0. The third kappa shape index (κ3) is 6.38. The molecule has 0 saturated heterocycles. The van der Waals surface area contributed by atoms with Crippen molar-refractivity contribution >= 4 is 16.0 Å². The number of hydrogen-bond donors (Lipinski definition) is 1. The molecule has 0 atom stereocenters. The average Bonchev–Trinajstić information content (AvgIpc) is 2.89. The largest absolute Gasteiger partial charge is 0.481 e. The minimum atomic E-state index is -3.78. The number of nitrogens with zero attached hydrogens (tertiary/aromatic N) is 3. The molecule has 0 bridgehead atoms. The lowest BCUT2D eigenvalue weighted by molar-refractivity contribution is -0.136. The first-order chi connectivity index (χ1) is 16.9. The van der Waals surface area contributed by atoms with Gasteiger partial charge in [-0.2, -0.15) is 4.31 Å². The Balaban J connectivity index is 1.61. The van der Waals surface area contributed by atoms with Gasteiger partial charge in [-0.05, 0) is 41.3 Å². The molecule has 0 spiro atoms. The fourth-order valence-electron chi connectivity index (χ4n) is 3.72. The van der Waals surface area contributed by atoms with Gasteiger partial charge in [-0.1, -0.05) is 66.7 Å². The van der Waals surface area contributed by atoms with Crippen LogP contribution in [0.25, 0.3) is 11.4 Å². The molecule has 0 fully saturated rings. The maximum Gasteiger partial charge on any atom is 0.303 e. The Morgan fingerprint density at radius 1 is 0.771 bits per heavy atom. The van der Waals surface area contributed by atoms with Crippen molar-refractivity contribution in [1.29, 1.82) is 0 Å². The van der Waals surface area contributed by atoms with Crippen molar-refractivity contribution in [3.8, 4) is 11.4 Å². The molecule has 0 aliphatic heterocycles. The van der Waals surface area contributed by atoms with Gasteiger partial charge < -0.3 is 5.11 Å². The monoisotopic (exact) mass is 487 g/mol. The van der Waals surface area contributed by atoms with Gasteiger partial charge in [-0.25, -0.2) is 18.4 Å². The molecule has 35 heavy (non-hydrogen) atoms. The van der Waals surface area contributed by atoms with Crippen LogP contribution in [0.3, 0.4) is 0 Å². The molecule has 178 valence electrons. The number of aryl methyl sites for hydroxylation is 1. The molecule has 3 aromatic carbocycles. The highest BCUT2D eigenvalue weighted by Crippen LogP contribution is 2.23. The smallest absolute Gasteiger partial charge is 0.303 e. The number of benzene rings is 3. The summed E-state index contributed by atoms with van der Waals surface area (Å²) in [7, 11) is -3.78. The lowest BCUT2D eigenvalue weighted by Gasteiger charge is -2.23. The highest BCUT2D eigenvalue weighted by atomic mass is 32.2. The fourth-order valence-corrected chi connectivity index (χ4v) is 5.15. The van der Waals surface area contributed by atoms with E-state index in [2.05, 4.69) is 9.97 Å². The van der Waals surface area contributed by atoms with E-state index in [0.717, 1.165) is 22.3 Å². The van der Waals surface area contributed by atoms with Crippen LogP contribution in [0.15, 0.2) is 102 Å². The molecule has 1 heterocycles. The number of sulfonamides is 1.